The molecule has 7 rings (SSSR count). The summed E-state index contributed by atoms with van der Waals surface area (Å²) in [6.45, 7) is 53.0. The fraction of sp³-hybridized carbons (Fsp3) is 0.578. The van der Waals surface area contributed by atoms with Gasteiger partial charge in [-0.2, -0.15) is 13.2 Å². The third-order valence-electron chi connectivity index (χ3n) is 25.7. The summed E-state index contributed by atoms with van der Waals surface area (Å²) < 4.78 is 91.0. The molecule has 0 bridgehead atoms. The fourth-order valence-corrected chi connectivity index (χ4v) is 15.1. The Hall–Kier alpha value is -8.54. The molecule has 14 nitrogen and oxygen atoms in total. The summed E-state index contributed by atoms with van der Waals surface area (Å²) in [6, 6.07) is 67.4. The zero-order chi connectivity index (χ0) is 103. The normalized spacial score (nSPS) is 13.8. The molecule has 21 heteroatoms. The van der Waals surface area contributed by atoms with Crippen LogP contribution >= 0.6 is 0 Å². The average Bonchev–Trinajstić information content (AvgIpc) is 0.823. The number of unbranched alkanes of at least 4 members (excludes halogenated alkanes) is 1. The molecule has 7 N–H and O–H groups in total. The smallest absolute Gasteiger partial charge is 0.303 e. The molecular formula is C116H178F7N7O7. The number of carbonyl (C=O) groups is 7. The number of benzene rings is 7. The lowest BCUT2D eigenvalue weighted by Crippen LogP contribution is -2.43. The molecule has 7 aromatic rings. The Morgan fingerprint density at radius 3 is 0.679 bits per heavy atom. The molecule has 0 fully saturated rings. The Balaban J connectivity index is 0.00000157. The summed E-state index contributed by atoms with van der Waals surface area (Å²) >= 11 is 0. The minimum absolute atomic E-state index is 0. The second-order valence-corrected chi connectivity index (χ2v) is 41.9. The summed E-state index contributed by atoms with van der Waals surface area (Å²) in [5.41, 5.74) is 4.53. The van der Waals surface area contributed by atoms with Gasteiger partial charge in [0.25, 0.3) is 0 Å². The van der Waals surface area contributed by atoms with E-state index in [4.69, 9.17) is 0 Å². The predicted molar refractivity (Wildman–Crippen MR) is 557 cm³/mol. The standard InChI is InChI=1S/C18H29NO.C17H25F2NO.2C17H27NO.C16H25NO.C15H20F3NO.C15H21F2NO.CH4/c1-5-6-12-18(3,4)13-17(15(2)20)19-14-16-10-8-7-9-11-16;1-4-10-17(3,16(18)19)11-15(13(2)21)20-12-14-8-6-5-7-9-14;1-13(2)17(4,5)11-16(14(3)19)18-12-15-9-7-6-8-10-15;1-5-11-17(3,4)12-16(14(2)19)18-13-15-9-7-6-8-10-15;1-5-16(3,4)11-15(13(2)18)17-12-14-9-7-6-8-10-14;1-11(20)13(9-14(2,3)15(16,17)18)19-10-12-7-5-4-6-8-12;1-11(19)13(9-15(2,3)14(16)17)18-10-12-7-5-4-6-8-12;/h7-11,17,19H,5-6,12-14H2,1-4H3;5-9,15-16,20H,4,10-12H2,1-3H3;6-10,13,16,18H,11-12H2,1-5H3;6-10,16,18H,5,11-13H2,1-4H3;6-10,15,17H,5,11-12H2,1-4H3;4-8,13,19H,9-10H2,1-3H3;4-8,13-14,18H,9-10H2,1-3H3;1H4. The van der Waals surface area contributed by atoms with Crippen LogP contribution in [0.5, 0.6) is 0 Å². The summed E-state index contributed by atoms with van der Waals surface area (Å²) in [6.07, 6.45) is 2.58. The van der Waals surface area contributed by atoms with E-state index in [2.05, 4.69) is 176 Å². The molecule has 0 aliphatic heterocycles. The lowest BCUT2D eigenvalue weighted by molar-refractivity contribution is -0.215. The van der Waals surface area contributed by atoms with Crippen LogP contribution in [0.3, 0.4) is 0 Å². The molecule has 0 radical (unpaired) electrons. The van der Waals surface area contributed by atoms with Crippen molar-refractivity contribution in [2.24, 2.45) is 43.8 Å². The largest absolute Gasteiger partial charge is 0.394 e. The minimum Gasteiger partial charge on any atom is -0.303 e. The van der Waals surface area contributed by atoms with Crippen molar-refractivity contribution in [1.29, 1.82) is 0 Å². The molecular weight excluding hydrogens is 1740 g/mol. The van der Waals surface area contributed by atoms with Gasteiger partial charge in [-0.25, -0.2) is 17.6 Å². The summed E-state index contributed by atoms with van der Waals surface area (Å²) in [7, 11) is 0. The number of ketones is 7. The van der Waals surface area contributed by atoms with Gasteiger partial charge in [0.1, 0.15) is 40.5 Å². The first-order chi connectivity index (χ1) is 63.5. The fourth-order valence-electron chi connectivity index (χ4n) is 15.1. The number of alkyl halides is 7. The highest BCUT2D eigenvalue weighted by atomic mass is 19.4. The van der Waals surface area contributed by atoms with Crippen LogP contribution in [-0.2, 0) is 79.4 Å². The van der Waals surface area contributed by atoms with Gasteiger partial charge in [-0.15, -0.1) is 0 Å². The maximum absolute atomic E-state index is 13.3. The van der Waals surface area contributed by atoms with E-state index in [0.29, 0.717) is 38.4 Å². The second-order valence-electron chi connectivity index (χ2n) is 41.9. The number of halogens is 7. The molecule has 768 valence electrons. The summed E-state index contributed by atoms with van der Waals surface area (Å²) in [4.78, 5) is 82.0. The van der Waals surface area contributed by atoms with Crippen molar-refractivity contribution in [2.45, 2.75) is 391 Å². The zero-order valence-corrected chi connectivity index (χ0v) is 87.5. The van der Waals surface area contributed by atoms with E-state index < -0.39 is 53.4 Å². The molecule has 0 spiro atoms. The summed E-state index contributed by atoms with van der Waals surface area (Å²) in [5, 5.41) is 22.7. The number of hydrogen-bond donors (Lipinski definition) is 7. The first-order valence-corrected chi connectivity index (χ1v) is 49.1. The molecule has 137 heavy (non-hydrogen) atoms. The third kappa shape index (κ3) is 56.5. The third-order valence-corrected chi connectivity index (χ3v) is 25.7. The molecule has 0 saturated carbocycles. The number of rotatable bonds is 53. The highest BCUT2D eigenvalue weighted by Crippen LogP contribution is 2.42. The minimum atomic E-state index is -4.32. The van der Waals surface area contributed by atoms with Crippen molar-refractivity contribution in [3.05, 3.63) is 251 Å². The number of Topliss-reactive ketones (excluding diaryl/α,β-unsaturated/α-hetero) is 7. The molecule has 0 aromatic heterocycles. The molecule has 0 aliphatic carbocycles. The topological polar surface area (TPSA) is 204 Å². The molecule has 0 aliphatic rings. The van der Waals surface area contributed by atoms with E-state index in [1.54, 1.807) is 34.6 Å². The van der Waals surface area contributed by atoms with Crippen molar-refractivity contribution >= 4 is 40.5 Å². The number of hydrogen-bond acceptors (Lipinski definition) is 14. The van der Waals surface area contributed by atoms with Crippen LogP contribution in [0.15, 0.2) is 212 Å². The molecule has 7 aromatic carbocycles. The Morgan fingerprint density at radius 1 is 0.270 bits per heavy atom. The Labute approximate surface area is 823 Å². The quantitative estimate of drug-likeness (QED) is 0.0177. The summed E-state index contributed by atoms with van der Waals surface area (Å²) in [5.74, 6) is 1.02. The lowest BCUT2D eigenvalue weighted by atomic mass is 9.75. The predicted octanol–water partition coefficient (Wildman–Crippen LogP) is 27.6. The molecule has 8 unspecified atom stereocenters. The Bertz CT molecular complexity index is 4330. The van der Waals surface area contributed by atoms with Gasteiger partial charge in [0.15, 0.2) is 0 Å². The molecule has 0 heterocycles. The van der Waals surface area contributed by atoms with E-state index >= 15 is 0 Å². The van der Waals surface area contributed by atoms with Gasteiger partial charge in [0, 0.05) is 56.6 Å². The first kappa shape index (κ1) is 128. The zero-order valence-electron chi connectivity index (χ0n) is 87.5. The van der Waals surface area contributed by atoms with Crippen LogP contribution in [0.25, 0.3) is 0 Å². The first-order valence-electron chi connectivity index (χ1n) is 49.1. The van der Waals surface area contributed by atoms with Crippen LogP contribution in [0.1, 0.15) is 323 Å². The van der Waals surface area contributed by atoms with Gasteiger partial charge in [0.2, 0.25) is 12.9 Å². The van der Waals surface area contributed by atoms with Crippen LogP contribution in [-0.4, -0.2) is 102 Å². The molecule has 0 saturated heterocycles. The van der Waals surface area contributed by atoms with Crippen molar-refractivity contribution in [2.75, 3.05) is 0 Å². The van der Waals surface area contributed by atoms with E-state index in [-0.39, 0.29) is 113 Å². The molecule has 0 amide bonds. The van der Waals surface area contributed by atoms with Gasteiger partial charge < -0.3 is 37.2 Å². The van der Waals surface area contributed by atoms with E-state index in [9.17, 15) is 64.3 Å². The second kappa shape index (κ2) is 66.2. The van der Waals surface area contributed by atoms with E-state index in [1.807, 2.05) is 171 Å². The van der Waals surface area contributed by atoms with E-state index in [0.717, 1.165) is 102 Å². The van der Waals surface area contributed by atoms with Crippen molar-refractivity contribution in [1.82, 2.24) is 37.2 Å². The number of carbonyl (C=O) groups excluding carboxylic acids is 7. The van der Waals surface area contributed by atoms with Crippen molar-refractivity contribution < 1.29 is 64.3 Å². The van der Waals surface area contributed by atoms with Gasteiger partial charge in [-0.05, 0) is 179 Å². The van der Waals surface area contributed by atoms with Crippen molar-refractivity contribution in [3.63, 3.8) is 0 Å². The van der Waals surface area contributed by atoms with Gasteiger partial charge in [-0.1, -0.05) is 383 Å². The van der Waals surface area contributed by atoms with Gasteiger partial charge in [-0.3, -0.25) is 33.6 Å². The highest BCUT2D eigenvalue weighted by molar-refractivity contribution is 5.84. The van der Waals surface area contributed by atoms with Crippen LogP contribution < -0.4 is 37.2 Å². The maximum Gasteiger partial charge on any atom is 0.394 e. The van der Waals surface area contributed by atoms with Crippen LogP contribution in [0.2, 0.25) is 0 Å². The maximum atomic E-state index is 13.3. The van der Waals surface area contributed by atoms with E-state index in [1.165, 1.54) is 76.1 Å². The average molecular weight is 1920 g/mol. The van der Waals surface area contributed by atoms with Gasteiger partial charge >= 0.3 is 6.18 Å². The lowest BCUT2D eigenvalue weighted by Gasteiger charge is -2.33. The van der Waals surface area contributed by atoms with Gasteiger partial charge in [0.05, 0.1) is 47.7 Å². The highest BCUT2D eigenvalue weighted by Gasteiger charge is 2.49. The monoisotopic (exact) mass is 1910 g/mol. The Kier molecular flexibility index (Phi) is 62.1. The SMILES string of the molecule is C.CC(=O)C(CC(C)(C)C(C)C)NCc1ccccc1.CC(=O)C(CC(C)(C)C(F)(F)F)NCc1ccccc1.CC(=O)C(CC(C)(C)C(F)F)NCc1ccccc1.CCC(C)(C)CC(NCc1ccccc1)C(C)=O.CCCC(C)(C)CC(NCc1ccccc1)C(C)=O.CCCC(C)(CC(NCc1ccccc1)C(C)=O)C(F)F.CCCCC(C)(C)CC(NCc1ccccc1)C(C)=O. The van der Waals surface area contributed by atoms with Crippen LogP contribution in [0, 0.1) is 43.8 Å². The Morgan fingerprint density at radius 2 is 0.482 bits per heavy atom. The molecule has 8 atom stereocenters. The number of nitrogens with one attached hydrogen (secondary N) is 7. The van der Waals surface area contributed by atoms with Crippen molar-refractivity contribution in [3.8, 4) is 0 Å². The van der Waals surface area contributed by atoms with Crippen LogP contribution in [0.4, 0.5) is 30.7 Å².